The summed E-state index contributed by atoms with van der Waals surface area (Å²) in [4.78, 5) is 38.9. The van der Waals surface area contributed by atoms with E-state index in [9.17, 15) is 29.7 Å². The van der Waals surface area contributed by atoms with Gasteiger partial charge in [0.15, 0.2) is 17.4 Å². The molecule has 5 rings (SSSR count). The van der Waals surface area contributed by atoms with E-state index in [0.29, 0.717) is 6.42 Å². The minimum atomic E-state index is -2.02. The number of aliphatic hydroxyl groups excluding tert-OH is 2. The van der Waals surface area contributed by atoms with Gasteiger partial charge in [-0.05, 0) is 57.1 Å². The van der Waals surface area contributed by atoms with Crippen LogP contribution in [0.1, 0.15) is 47.5 Å². The van der Waals surface area contributed by atoms with Crippen molar-refractivity contribution in [3.05, 3.63) is 23.3 Å². The van der Waals surface area contributed by atoms with E-state index in [2.05, 4.69) is 0 Å². The first-order valence-corrected chi connectivity index (χ1v) is 12.1. The van der Waals surface area contributed by atoms with E-state index in [1.54, 1.807) is 27.7 Å². The number of allylic oxidation sites excluding steroid dienone is 3. The molecule has 11 atom stereocenters. The van der Waals surface area contributed by atoms with E-state index in [1.165, 1.54) is 12.2 Å². The van der Waals surface area contributed by atoms with Gasteiger partial charge < -0.3 is 24.8 Å². The van der Waals surface area contributed by atoms with Gasteiger partial charge in [-0.3, -0.25) is 14.4 Å². The minimum Gasteiger partial charge on any atom is -0.461 e. The fourth-order valence-corrected chi connectivity index (χ4v) is 8.62. The van der Waals surface area contributed by atoms with Gasteiger partial charge in [-0.2, -0.15) is 0 Å². The highest BCUT2D eigenvalue weighted by atomic mass is 16.6. The highest BCUT2D eigenvalue weighted by Crippen LogP contribution is 2.74. The number of ketones is 2. The molecule has 0 aromatic rings. The monoisotopic (exact) mass is 474 g/mol. The maximum atomic E-state index is 13.3. The van der Waals surface area contributed by atoms with Crippen molar-refractivity contribution in [3.63, 3.8) is 0 Å². The van der Waals surface area contributed by atoms with Gasteiger partial charge in [0.25, 0.3) is 0 Å². The van der Waals surface area contributed by atoms with Crippen LogP contribution >= 0.6 is 0 Å². The zero-order valence-corrected chi connectivity index (χ0v) is 20.3. The van der Waals surface area contributed by atoms with Crippen LogP contribution in [0.5, 0.6) is 0 Å². The second kappa shape index (κ2) is 7.32. The standard InChI is InChI=1S/C26H34O8/c1-11(2)6-14(27)8-15-19-13(4)20(29)26(32)23-24(5)16(12(3)7-17(28)21(24)30)9-18(34-22(15)31)25(19,23)10-33-26/h6-7,13,15-16,18-21,23,29-30,32H,8-10H2,1-5H3/t13-,15-,16+,18-,19-,20-,21-,23-,24-,25+,26+/m1/s1. The van der Waals surface area contributed by atoms with Gasteiger partial charge >= 0.3 is 5.97 Å². The molecule has 8 heteroatoms. The highest BCUT2D eigenvalue weighted by molar-refractivity contribution is 5.96. The van der Waals surface area contributed by atoms with Crippen molar-refractivity contribution in [1.29, 1.82) is 0 Å². The number of carbonyl (C=O) groups is 3. The Balaban J connectivity index is 1.70. The van der Waals surface area contributed by atoms with Gasteiger partial charge in [0.05, 0.1) is 12.5 Å². The summed E-state index contributed by atoms with van der Waals surface area (Å²) in [6, 6.07) is 0. The third-order valence-corrected chi connectivity index (χ3v) is 9.68. The zero-order valence-electron chi connectivity index (χ0n) is 20.3. The molecule has 2 saturated carbocycles. The van der Waals surface area contributed by atoms with Crippen LogP contribution in [-0.2, 0) is 23.9 Å². The number of rotatable bonds is 3. The van der Waals surface area contributed by atoms with E-state index < -0.39 is 70.4 Å². The molecule has 2 aliphatic heterocycles. The van der Waals surface area contributed by atoms with Crippen molar-refractivity contribution in [2.24, 2.45) is 40.4 Å². The Morgan fingerprint density at radius 2 is 1.94 bits per heavy atom. The summed E-state index contributed by atoms with van der Waals surface area (Å²) in [7, 11) is 0. The van der Waals surface area contributed by atoms with Gasteiger partial charge in [0.1, 0.15) is 18.3 Å². The molecule has 0 amide bonds. The Morgan fingerprint density at radius 3 is 2.59 bits per heavy atom. The fourth-order valence-electron chi connectivity index (χ4n) is 8.62. The fraction of sp³-hybridized carbons (Fsp3) is 0.731. The number of hydrogen-bond donors (Lipinski definition) is 3. The molecule has 0 radical (unpaired) electrons. The molecule has 0 unspecified atom stereocenters. The van der Waals surface area contributed by atoms with Crippen LogP contribution in [0.15, 0.2) is 23.3 Å². The SMILES string of the molecule is CC(C)=CC(=O)C[C@H]1C(=O)O[C@@H]2C[C@H]3C(C)=CC(=O)[C@@H](O)[C@]3(C)[C@H]3[C@@]4(O)OC[C@]32[C@@H]1[C@@H](C)[C@H]4O. The number of carbonyl (C=O) groups excluding carboxylic acids is 3. The van der Waals surface area contributed by atoms with E-state index >= 15 is 0 Å². The molecule has 34 heavy (non-hydrogen) atoms. The summed E-state index contributed by atoms with van der Waals surface area (Å²) >= 11 is 0. The predicted octanol–water partition coefficient (Wildman–Crippen LogP) is 1.32. The van der Waals surface area contributed by atoms with Crippen molar-refractivity contribution in [3.8, 4) is 0 Å². The first-order chi connectivity index (χ1) is 15.8. The highest BCUT2D eigenvalue weighted by Gasteiger charge is 2.83. The predicted molar refractivity (Wildman–Crippen MR) is 119 cm³/mol. The number of ether oxygens (including phenoxy) is 2. The lowest BCUT2D eigenvalue weighted by molar-refractivity contribution is -0.337. The number of fused-ring (bicyclic) bond motifs is 1. The van der Waals surface area contributed by atoms with Crippen molar-refractivity contribution in [2.75, 3.05) is 6.61 Å². The summed E-state index contributed by atoms with van der Waals surface area (Å²) in [5.74, 6) is -6.30. The maximum Gasteiger partial charge on any atom is 0.310 e. The molecule has 4 fully saturated rings. The van der Waals surface area contributed by atoms with Gasteiger partial charge in [0.2, 0.25) is 0 Å². The molecule has 5 aliphatic rings. The smallest absolute Gasteiger partial charge is 0.310 e. The van der Waals surface area contributed by atoms with Crippen molar-refractivity contribution < 1.29 is 39.2 Å². The minimum absolute atomic E-state index is 0.0114. The Bertz CT molecular complexity index is 1030. The molecule has 0 aromatic carbocycles. The summed E-state index contributed by atoms with van der Waals surface area (Å²) in [6.45, 7) is 8.97. The van der Waals surface area contributed by atoms with Gasteiger partial charge in [0, 0.05) is 23.2 Å². The average molecular weight is 475 g/mol. The van der Waals surface area contributed by atoms with E-state index in [4.69, 9.17) is 9.47 Å². The quantitative estimate of drug-likeness (QED) is 0.412. The van der Waals surface area contributed by atoms with Crippen molar-refractivity contribution in [2.45, 2.75) is 71.6 Å². The van der Waals surface area contributed by atoms with Gasteiger partial charge in [-0.1, -0.05) is 25.0 Å². The summed E-state index contributed by atoms with van der Waals surface area (Å²) in [6.07, 6.45) is -0.180. The Labute approximate surface area is 199 Å². The van der Waals surface area contributed by atoms with Crippen LogP contribution in [0.25, 0.3) is 0 Å². The van der Waals surface area contributed by atoms with Crippen molar-refractivity contribution >= 4 is 17.5 Å². The van der Waals surface area contributed by atoms with Crippen LogP contribution in [-0.4, -0.2) is 63.6 Å². The lowest BCUT2D eigenvalue weighted by atomic mass is 9.37. The third-order valence-electron chi connectivity index (χ3n) is 9.68. The van der Waals surface area contributed by atoms with Crippen LogP contribution in [0.4, 0.5) is 0 Å². The second-order valence-electron chi connectivity index (χ2n) is 11.7. The zero-order chi connectivity index (χ0) is 25.0. The first-order valence-electron chi connectivity index (χ1n) is 12.1. The summed E-state index contributed by atoms with van der Waals surface area (Å²) < 4.78 is 12.0. The molecule has 3 aliphatic carbocycles. The molecule has 2 saturated heterocycles. The average Bonchev–Trinajstić information content (AvgIpc) is 3.03. The normalized spacial score (nSPS) is 51.1. The van der Waals surface area contributed by atoms with E-state index in [-0.39, 0.29) is 24.7 Å². The van der Waals surface area contributed by atoms with Crippen LogP contribution in [0, 0.1) is 40.4 Å². The lowest BCUT2D eigenvalue weighted by Gasteiger charge is -2.68. The molecule has 186 valence electrons. The third kappa shape index (κ3) is 2.71. The van der Waals surface area contributed by atoms with E-state index in [1.807, 2.05) is 6.92 Å². The Kier molecular flexibility index (Phi) is 5.14. The number of hydrogen-bond acceptors (Lipinski definition) is 8. The summed E-state index contributed by atoms with van der Waals surface area (Å²) in [5, 5.41) is 34.4. The molecule has 8 nitrogen and oxygen atoms in total. The van der Waals surface area contributed by atoms with Gasteiger partial charge in [-0.15, -0.1) is 0 Å². The molecule has 2 heterocycles. The Morgan fingerprint density at radius 1 is 1.26 bits per heavy atom. The first kappa shape index (κ1) is 23.9. The molecule has 1 spiro atoms. The number of esters is 1. The Hall–Kier alpha value is -1.87. The molecule has 0 aromatic heterocycles. The lowest BCUT2D eigenvalue weighted by Crippen LogP contribution is -2.77. The van der Waals surface area contributed by atoms with Gasteiger partial charge in [-0.25, -0.2) is 0 Å². The summed E-state index contributed by atoms with van der Waals surface area (Å²) in [5.41, 5.74) is -0.522. The molecular weight excluding hydrogens is 440 g/mol. The van der Waals surface area contributed by atoms with Crippen molar-refractivity contribution in [1.82, 2.24) is 0 Å². The molecular formula is C26H34O8. The van der Waals surface area contributed by atoms with E-state index in [0.717, 1.165) is 11.1 Å². The molecule has 2 bridgehead atoms. The largest absolute Gasteiger partial charge is 0.461 e. The van der Waals surface area contributed by atoms with Crippen LogP contribution in [0.2, 0.25) is 0 Å². The van der Waals surface area contributed by atoms with Crippen LogP contribution in [0.3, 0.4) is 0 Å². The number of aliphatic hydroxyl groups is 3. The maximum absolute atomic E-state index is 13.3. The molecule has 3 N–H and O–H groups in total. The van der Waals surface area contributed by atoms with Crippen LogP contribution < -0.4 is 0 Å². The second-order valence-corrected chi connectivity index (χ2v) is 11.7. The topological polar surface area (TPSA) is 130 Å².